The number of nitrogens with one attached hydrogen (secondary N) is 2. The second-order valence-corrected chi connectivity index (χ2v) is 10.3. The summed E-state index contributed by atoms with van der Waals surface area (Å²) in [5, 5.41) is 8.81. The lowest BCUT2D eigenvalue weighted by atomic mass is 9.90. The molecule has 4 heterocycles. The van der Waals surface area contributed by atoms with E-state index in [1.807, 2.05) is 29.1 Å². The lowest BCUT2D eigenvalue weighted by Crippen LogP contribution is -2.49. The molecule has 1 aliphatic carbocycles. The summed E-state index contributed by atoms with van der Waals surface area (Å²) >= 11 is 0. The molecule has 0 atom stereocenters. The third-order valence-corrected chi connectivity index (χ3v) is 7.96. The van der Waals surface area contributed by atoms with E-state index < -0.39 is 0 Å². The molecular weight excluding hydrogens is 469 g/mol. The summed E-state index contributed by atoms with van der Waals surface area (Å²) in [6.45, 7) is 5.08. The number of hydrogen-bond acceptors (Lipinski definition) is 7. The zero-order chi connectivity index (χ0) is 25.4. The third-order valence-electron chi connectivity index (χ3n) is 7.96. The van der Waals surface area contributed by atoms with E-state index in [4.69, 9.17) is 10.8 Å². The highest BCUT2D eigenvalue weighted by atomic mass is 19.1. The first-order chi connectivity index (χ1) is 18.1. The van der Waals surface area contributed by atoms with E-state index in [1.54, 1.807) is 6.07 Å². The van der Waals surface area contributed by atoms with E-state index in [1.165, 1.54) is 12.4 Å². The molecule has 2 aliphatic rings. The maximum atomic E-state index is 15.1. The number of likely N-dealkylation sites (N-methyl/N-ethyl adjacent to an activating group) is 1. The molecule has 0 radical (unpaired) electrons. The number of rotatable bonds is 6. The minimum absolute atomic E-state index is 0.237. The van der Waals surface area contributed by atoms with E-state index in [0.717, 1.165) is 63.2 Å². The SMILES string of the molecule is CN1CCN(C2CCC(n3nc(-c4ccc(NCc5ccc[nH]5)c(F)c4)c4c(N)ncnc43)CC2)CC1. The number of nitrogens with two attached hydrogens (primary N) is 1. The van der Waals surface area contributed by atoms with Crippen molar-refractivity contribution in [2.45, 2.75) is 44.3 Å². The molecule has 4 N–H and O–H groups in total. The summed E-state index contributed by atoms with van der Waals surface area (Å²) in [6.07, 6.45) is 7.69. The minimum Gasteiger partial charge on any atom is -0.383 e. The van der Waals surface area contributed by atoms with E-state index in [2.05, 4.69) is 37.1 Å². The maximum absolute atomic E-state index is 15.1. The molecular formula is C27H34FN9. The first-order valence-corrected chi connectivity index (χ1v) is 13.1. The number of piperazine rings is 1. The normalized spacial score (nSPS) is 21.5. The molecule has 2 fully saturated rings. The van der Waals surface area contributed by atoms with Crippen molar-refractivity contribution in [2.24, 2.45) is 0 Å². The number of fused-ring (bicyclic) bond motifs is 1. The molecule has 1 saturated heterocycles. The molecule has 10 heteroatoms. The molecule has 194 valence electrons. The third kappa shape index (κ3) is 4.78. The molecule has 0 unspecified atom stereocenters. The van der Waals surface area contributed by atoms with E-state index in [9.17, 15) is 0 Å². The van der Waals surface area contributed by atoms with Crippen LogP contribution in [-0.2, 0) is 6.54 Å². The van der Waals surface area contributed by atoms with Gasteiger partial charge in [-0.25, -0.2) is 19.0 Å². The maximum Gasteiger partial charge on any atom is 0.164 e. The number of anilines is 2. The summed E-state index contributed by atoms with van der Waals surface area (Å²) in [5.74, 6) is 0.0292. The van der Waals surface area contributed by atoms with Crippen LogP contribution in [-0.4, -0.2) is 73.8 Å². The van der Waals surface area contributed by atoms with Crippen LogP contribution in [0.2, 0.25) is 0 Å². The molecule has 1 aliphatic heterocycles. The molecule has 4 aromatic rings. The van der Waals surface area contributed by atoms with Crippen molar-refractivity contribution in [3.05, 3.63) is 54.4 Å². The Morgan fingerprint density at radius 1 is 1.05 bits per heavy atom. The van der Waals surface area contributed by atoms with Crippen LogP contribution in [0.25, 0.3) is 22.3 Å². The van der Waals surface area contributed by atoms with Crippen LogP contribution in [0.5, 0.6) is 0 Å². The van der Waals surface area contributed by atoms with Gasteiger partial charge in [-0.05, 0) is 57.0 Å². The Morgan fingerprint density at radius 3 is 2.57 bits per heavy atom. The van der Waals surface area contributed by atoms with Gasteiger partial charge in [0.1, 0.15) is 23.7 Å². The van der Waals surface area contributed by atoms with Gasteiger partial charge in [0.25, 0.3) is 0 Å². The standard InChI is InChI=1S/C27H34FN9/c1-35-11-13-36(14-12-35)20-5-7-21(8-6-20)37-27-24(26(29)32-17-33-27)25(34-37)18-4-9-23(22(28)15-18)31-16-19-3-2-10-30-19/h2-4,9-10,15,17,20-21,30-31H,5-8,11-14,16H2,1H3,(H2,29,32,33). The molecule has 0 spiro atoms. The van der Waals surface area contributed by atoms with E-state index in [-0.39, 0.29) is 11.9 Å². The van der Waals surface area contributed by atoms with Gasteiger partial charge in [-0.15, -0.1) is 0 Å². The number of aromatic nitrogens is 5. The van der Waals surface area contributed by atoms with Gasteiger partial charge < -0.3 is 20.9 Å². The summed E-state index contributed by atoms with van der Waals surface area (Å²) in [4.78, 5) is 17.0. The Morgan fingerprint density at radius 2 is 1.84 bits per heavy atom. The lowest BCUT2D eigenvalue weighted by Gasteiger charge is -2.41. The summed E-state index contributed by atoms with van der Waals surface area (Å²) < 4.78 is 17.1. The fourth-order valence-corrected chi connectivity index (χ4v) is 5.78. The number of benzene rings is 1. The average Bonchev–Trinajstić information content (AvgIpc) is 3.58. The van der Waals surface area contributed by atoms with Crippen molar-refractivity contribution in [1.82, 2.24) is 34.5 Å². The van der Waals surface area contributed by atoms with Crippen LogP contribution in [0.3, 0.4) is 0 Å². The quantitative estimate of drug-likeness (QED) is 0.367. The van der Waals surface area contributed by atoms with Crippen LogP contribution in [0.15, 0.2) is 42.9 Å². The van der Waals surface area contributed by atoms with Crippen LogP contribution in [0.1, 0.15) is 37.4 Å². The van der Waals surface area contributed by atoms with Gasteiger partial charge in [0.2, 0.25) is 0 Å². The first-order valence-electron chi connectivity index (χ1n) is 13.1. The van der Waals surface area contributed by atoms with Gasteiger partial charge in [-0.1, -0.05) is 6.07 Å². The smallest absolute Gasteiger partial charge is 0.164 e. The fraction of sp³-hybridized carbons (Fsp3) is 0.444. The highest BCUT2D eigenvalue weighted by molar-refractivity contribution is 5.98. The molecule has 0 amide bonds. The van der Waals surface area contributed by atoms with Gasteiger partial charge in [0, 0.05) is 49.7 Å². The number of halogens is 1. The predicted octanol–water partition coefficient (Wildman–Crippen LogP) is 3.89. The number of hydrogen-bond donors (Lipinski definition) is 3. The molecule has 9 nitrogen and oxygen atoms in total. The fourth-order valence-electron chi connectivity index (χ4n) is 5.78. The summed E-state index contributed by atoms with van der Waals surface area (Å²) in [5.41, 5.74) is 9.76. The van der Waals surface area contributed by atoms with Crippen LogP contribution in [0, 0.1) is 5.82 Å². The Bertz CT molecular complexity index is 1350. The van der Waals surface area contributed by atoms with Gasteiger partial charge in [-0.3, -0.25) is 4.90 Å². The van der Waals surface area contributed by atoms with Crippen molar-refractivity contribution >= 4 is 22.5 Å². The van der Waals surface area contributed by atoms with Crippen LogP contribution in [0.4, 0.5) is 15.9 Å². The zero-order valence-corrected chi connectivity index (χ0v) is 21.2. The molecule has 1 saturated carbocycles. The Hall–Kier alpha value is -3.50. The molecule has 1 aromatic carbocycles. The lowest BCUT2D eigenvalue weighted by molar-refractivity contribution is 0.0815. The van der Waals surface area contributed by atoms with Crippen molar-refractivity contribution < 1.29 is 4.39 Å². The second-order valence-electron chi connectivity index (χ2n) is 10.3. The molecule has 0 bridgehead atoms. The first kappa shape index (κ1) is 23.9. The zero-order valence-electron chi connectivity index (χ0n) is 21.2. The van der Waals surface area contributed by atoms with Crippen molar-refractivity contribution in [1.29, 1.82) is 0 Å². The monoisotopic (exact) mass is 503 g/mol. The second kappa shape index (κ2) is 10.1. The van der Waals surface area contributed by atoms with Crippen LogP contribution >= 0.6 is 0 Å². The molecule has 37 heavy (non-hydrogen) atoms. The largest absolute Gasteiger partial charge is 0.383 e. The highest BCUT2D eigenvalue weighted by Gasteiger charge is 2.30. The Labute approximate surface area is 215 Å². The Kier molecular flexibility index (Phi) is 6.52. The number of H-pyrrole nitrogens is 1. The topological polar surface area (TPSA) is 104 Å². The van der Waals surface area contributed by atoms with Gasteiger partial charge >= 0.3 is 0 Å². The molecule has 6 rings (SSSR count). The molecule has 3 aromatic heterocycles. The number of nitrogen functional groups attached to an aromatic ring is 1. The Balaban J connectivity index is 1.24. The van der Waals surface area contributed by atoms with Gasteiger partial charge in [-0.2, -0.15) is 5.10 Å². The van der Waals surface area contributed by atoms with Crippen LogP contribution < -0.4 is 11.1 Å². The average molecular weight is 504 g/mol. The number of aromatic amines is 1. The van der Waals surface area contributed by atoms with Crippen molar-refractivity contribution in [3.63, 3.8) is 0 Å². The highest BCUT2D eigenvalue weighted by Crippen LogP contribution is 2.37. The van der Waals surface area contributed by atoms with Crippen molar-refractivity contribution in [3.8, 4) is 11.3 Å². The van der Waals surface area contributed by atoms with Gasteiger partial charge in [0.05, 0.1) is 23.7 Å². The van der Waals surface area contributed by atoms with E-state index >= 15 is 4.39 Å². The minimum atomic E-state index is -0.338. The number of nitrogens with zero attached hydrogens (tertiary/aromatic N) is 6. The van der Waals surface area contributed by atoms with E-state index in [0.29, 0.717) is 40.7 Å². The predicted molar refractivity (Wildman–Crippen MR) is 144 cm³/mol. The van der Waals surface area contributed by atoms with Gasteiger partial charge in [0.15, 0.2) is 5.65 Å². The van der Waals surface area contributed by atoms with Crippen molar-refractivity contribution in [2.75, 3.05) is 44.3 Å². The summed E-state index contributed by atoms with van der Waals surface area (Å²) in [6, 6.07) is 9.89. The summed E-state index contributed by atoms with van der Waals surface area (Å²) in [7, 11) is 2.20.